The molecule has 4 nitrogen and oxygen atoms in total. The number of nitrogens with one attached hydrogen (secondary N) is 1. The van der Waals surface area contributed by atoms with Gasteiger partial charge in [0, 0.05) is 15.6 Å². The van der Waals surface area contributed by atoms with Crippen LogP contribution in [0.4, 0.5) is 0 Å². The van der Waals surface area contributed by atoms with Crippen LogP contribution in [0.3, 0.4) is 0 Å². The Morgan fingerprint density at radius 3 is 2.75 bits per heavy atom. The highest BCUT2D eigenvalue weighted by Crippen LogP contribution is 2.41. The molecule has 1 heterocycles. The molecule has 2 aromatic carbocycles. The molecule has 0 fully saturated rings. The standard InChI is InChI=1S/C19H20INO3/c1-19(2)11-16(14-10-12(23-3)8-9-17(14)24-19)21-18(22)13-6-4-5-7-15(13)20/h4-10,16H,11H2,1-3H3,(H,21,22)/t16-/m1/s1. The normalized spacial score (nSPS) is 18.2. The maximum Gasteiger partial charge on any atom is 0.252 e. The van der Waals surface area contributed by atoms with E-state index in [1.54, 1.807) is 7.11 Å². The smallest absolute Gasteiger partial charge is 0.252 e. The van der Waals surface area contributed by atoms with Gasteiger partial charge in [0.25, 0.3) is 5.91 Å². The van der Waals surface area contributed by atoms with Crippen LogP contribution in [-0.2, 0) is 0 Å². The van der Waals surface area contributed by atoms with Gasteiger partial charge in [0.1, 0.15) is 17.1 Å². The van der Waals surface area contributed by atoms with Crippen LogP contribution >= 0.6 is 22.6 Å². The highest BCUT2D eigenvalue weighted by molar-refractivity contribution is 14.1. The number of methoxy groups -OCH3 is 1. The maximum absolute atomic E-state index is 12.7. The van der Waals surface area contributed by atoms with Gasteiger partial charge in [-0.05, 0) is 66.8 Å². The van der Waals surface area contributed by atoms with Crippen molar-refractivity contribution in [2.45, 2.75) is 31.9 Å². The highest BCUT2D eigenvalue weighted by atomic mass is 127. The summed E-state index contributed by atoms with van der Waals surface area (Å²) in [6.07, 6.45) is 0.697. The van der Waals surface area contributed by atoms with E-state index in [0.29, 0.717) is 12.0 Å². The average molecular weight is 437 g/mol. The van der Waals surface area contributed by atoms with Gasteiger partial charge in [0.2, 0.25) is 0 Å². The summed E-state index contributed by atoms with van der Waals surface area (Å²) < 4.78 is 12.3. The molecule has 24 heavy (non-hydrogen) atoms. The zero-order valence-corrected chi connectivity index (χ0v) is 16.1. The average Bonchev–Trinajstić information content (AvgIpc) is 2.54. The van der Waals surface area contributed by atoms with Crippen molar-refractivity contribution in [1.29, 1.82) is 0 Å². The lowest BCUT2D eigenvalue weighted by molar-refractivity contribution is 0.0617. The van der Waals surface area contributed by atoms with E-state index in [1.165, 1.54) is 0 Å². The van der Waals surface area contributed by atoms with Crippen LogP contribution in [0.2, 0.25) is 0 Å². The summed E-state index contributed by atoms with van der Waals surface area (Å²) in [7, 11) is 1.63. The number of rotatable bonds is 3. The van der Waals surface area contributed by atoms with E-state index in [4.69, 9.17) is 9.47 Å². The largest absolute Gasteiger partial charge is 0.497 e. The Balaban J connectivity index is 1.93. The van der Waals surface area contributed by atoms with Crippen LogP contribution < -0.4 is 14.8 Å². The third-order valence-corrected chi connectivity index (χ3v) is 5.04. The van der Waals surface area contributed by atoms with E-state index in [9.17, 15) is 4.79 Å². The second kappa shape index (κ2) is 6.63. The highest BCUT2D eigenvalue weighted by Gasteiger charge is 2.35. The predicted octanol–water partition coefficient (Wildman–Crippen LogP) is 4.33. The van der Waals surface area contributed by atoms with E-state index in [0.717, 1.165) is 20.6 Å². The molecule has 1 aliphatic heterocycles. The molecule has 0 aromatic heterocycles. The van der Waals surface area contributed by atoms with Crippen molar-refractivity contribution < 1.29 is 14.3 Å². The summed E-state index contributed by atoms with van der Waals surface area (Å²) in [5.41, 5.74) is 1.29. The summed E-state index contributed by atoms with van der Waals surface area (Å²) in [4.78, 5) is 12.7. The molecular weight excluding hydrogens is 417 g/mol. The van der Waals surface area contributed by atoms with Gasteiger partial charge in [-0.3, -0.25) is 4.79 Å². The van der Waals surface area contributed by atoms with Gasteiger partial charge in [-0.1, -0.05) is 12.1 Å². The monoisotopic (exact) mass is 437 g/mol. The summed E-state index contributed by atoms with van der Waals surface area (Å²) >= 11 is 2.18. The predicted molar refractivity (Wildman–Crippen MR) is 102 cm³/mol. The van der Waals surface area contributed by atoms with Gasteiger partial charge in [0.15, 0.2) is 0 Å². The Bertz CT molecular complexity index is 773. The molecule has 0 saturated carbocycles. The fourth-order valence-electron chi connectivity index (χ4n) is 2.97. The van der Waals surface area contributed by atoms with E-state index in [-0.39, 0.29) is 17.6 Å². The molecule has 0 spiro atoms. The van der Waals surface area contributed by atoms with Crippen molar-refractivity contribution >= 4 is 28.5 Å². The fourth-order valence-corrected chi connectivity index (χ4v) is 3.60. The number of carbonyl (C=O) groups is 1. The van der Waals surface area contributed by atoms with E-state index >= 15 is 0 Å². The Morgan fingerprint density at radius 2 is 2.04 bits per heavy atom. The minimum Gasteiger partial charge on any atom is -0.497 e. The molecule has 2 aromatic rings. The van der Waals surface area contributed by atoms with Gasteiger partial charge >= 0.3 is 0 Å². The first-order chi connectivity index (χ1) is 11.4. The molecule has 0 unspecified atom stereocenters. The first kappa shape index (κ1) is 17.1. The Kier molecular flexibility index (Phi) is 4.71. The summed E-state index contributed by atoms with van der Waals surface area (Å²) in [6.45, 7) is 4.07. The number of ether oxygens (including phenoxy) is 2. The van der Waals surface area contributed by atoms with Crippen molar-refractivity contribution in [3.63, 3.8) is 0 Å². The number of hydrogen-bond acceptors (Lipinski definition) is 3. The summed E-state index contributed by atoms with van der Waals surface area (Å²) in [5, 5.41) is 3.16. The first-order valence-electron chi connectivity index (χ1n) is 7.82. The molecule has 3 rings (SSSR count). The van der Waals surface area contributed by atoms with Crippen LogP contribution in [0.15, 0.2) is 42.5 Å². The lowest BCUT2D eigenvalue weighted by Gasteiger charge is -2.38. The minimum absolute atomic E-state index is 0.0727. The topological polar surface area (TPSA) is 47.6 Å². The molecule has 0 aliphatic carbocycles. The molecule has 5 heteroatoms. The molecule has 1 amide bonds. The number of amides is 1. The molecule has 1 N–H and O–H groups in total. The number of fused-ring (bicyclic) bond motifs is 1. The molecule has 126 valence electrons. The van der Waals surface area contributed by atoms with Crippen molar-refractivity contribution in [3.8, 4) is 11.5 Å². The molecule has 0 bridgehead atoms. The van der Waals surface area contributed by atoms with Crippen LogP contribution in [0.25, 0.3) is 0 Å². The number of benzene rings is 2. The first-order valence-corrected chi connectivity index (χ1v) is 8.90. The Morgan fingerprint density at radius 1 is 1.29 bits per heavy atom. The van der Waals surface area contributed by atoms with Crippen molar-refractivity contribution in [2.75, 3.05) is 7.11 Å². The van der Waals surface area contributed by atoms with Gasteiger partial charge in [-0.15, -0.1) is 0 Å². The van der Waals surface area contributed by atoms with E-state index in [2.05, 4.69) is 27.9 Å². The minimum atomic E-state index is -0.344. The van der Waals surface area contributed by atoms with Gasteiger partial charge in [0.05, 0.1) is 18.7 Å². The van der Waals surface area contributed by atoms with Crippen molar-refractivity contribution in [3.05, 3.63) is 57.2 Å². The quantitative estimate of drug-likeness (QED) is 0.728. The molecule has 0 radical (unpaired) electrons. The third-order valence-electron chi connectivity index (χ3n) is 4.10. The number of carbonyl (C=O) groups excluding carboxylic acids is 1. The third kappa shape index (κ3) is 3.50. The van der Waals surface area contributed by atoms with Gasteiger partial charge in [-0.2, -0.15) is 0 Å². The number of hydrogen-bond donors (Lipinski definition) is 1. The van der Waals surface area contributed by atoms with Gasteiger partial charge < -0.3 is 14.8 Å². The Hall–Kier alpha value is -1.76. The zero-order valence-electron chi connectivity index (χ0n) is 13.9. The van der Waals surface area contributed by atoms with E-state index in [1.807, 2.05) is 56.3 Å². The van der Waals surface area contributed by atoms with E-state index < -0.39 is 0 Å². The fraction of sp³-hybridized carbons (Fsp3) is 0.316. The second-order valence-electron chi connectivity index (χ2n) is 6.48. The SMILES string of the molecule is COc1ccc2c(c1)[C@H](NC(=O)c1ccccc1I)CC(C)(C)O2. The second-order valence-corrected chi connectivity index (χ2v) is 7.64. The summed E-state index contributed by atoms with van der Waals surface area (Å²) in [5.74, 6) is 1.47. The van der Waals surface area contributed by atoms with Gasteiger partial charge in [-0.25, -0.2) is 0 Å². The van der Waals surface area contributed by atoms with Crippen molar-refractivity contribution in [2.24, 2.45) is 0 Å². The van der Waals surface area contributed by atoms with Crippen LogP contribution in [0, 0.1) is 3.57 Å². The zero-order chi connectivity index (χ0) is 17.3. The van der Waals surface area contributed by atoms with Crippen LogP contribution in [-0.4, -0.2) is 18.6 Å². The molecule has 1 aliphatic rings. The summed E-state index contributed by atoms with van der Waals surface area (Å²) in [6, 6.07) is 13.2. The lowest BCUT2D eigenvalue weighted by Crippen LogP contribution is -2.41. The molecular formula is C19H20INO3. The van der Waals surface area contributed by atoms with Crippen molar-refractivity contribution in [1.82, 2.24) is 5.32 Å². The lowest BCUT2D eigenvalue weighted by atomic mass is 9.89. The van der Waals surface area contributed by atoms with Crippen LogP contribution in [0.1, 0.15) is 42.2 Å². The number of halogens is 1. The maximum atomic E-state index is 12.7. The molecule has 1 atom stereocenters. The Labute approximate surface area is 155 Å². The molecule has 0 saturated heterocycles. The van der Waals surface area contributed by atoms with Crippen LogP contribution in [0.5, 0.6) is 11.5 Å².